The molecule has 14 heavy (non-hydrogen) atoms. The molecule has 0 aliphatic rings. The predicted octanol–water partition coefficient (Wildman–Crippen LogP) is -0.889. The number of carbonyl (C=O) groups excluding carboxylic acids is 1. The molecule has 0 aromatic heterocycles. The van der Waals surface area contributed by atoms with Gasteiger partial charge >= 0.3 is 0 Å². The zero-order valence-corrected chi connectivity index (χ0v) is 8.71. The Morgan fingerprint density at radius 3 is 2.79 bits per heavy atom. The lowest BCUT2D eigenvalue weighted by atomic mass is 10.3. The highest BCUT2D eigenvalue weighted by Gasteiger charge is 1.96. The van der Waals surface area contributed by atoms with Crippen LogP contribution in [0.2, 0.25) is 0 Å². The average Bonchev–Trinajstić information content (AvgIpc) is 2.21. The van der Waals surface area contributed by atoms with E-state index in [0.717, 1.165) is 19.5 Å². The molecule has 0 aliphatic heterocycles. The van der Waals surface area contributed by atoms with Gasteiger partial charge in [-0.2, -0.15) is 0 Å². The minimum atomic E-state index is 0.0661. The molecule has 5 nitrogen and oxygen atoms in total. The first-order valence-corrected chi connectivity index (χ1v) is 4.91. The van der Waals surface area contributed by atoms with E-state index >= 15 is 0 Å². The molecule has 0 heterocycles. The van der Waals surface area contributed by atoms with Crippen LogP contribution < -0.4 is 10.6 Å². The SMILES string of the molecule is CNC(=O)CCCNCCOCCO. The molecule has 0 aromatic rings. The number of carbonyl (C=O) groups is 1. The summed E-state index contributed by atoms with van der Waals surface area (Å²) < 4.78 is 5.04. The number of hydrogen-bond donors (Lipinski definition) is 3. The van der Waals surface area contributed by atoms with Gasteiger partial charge < -0.3 is 20.5 Å². The Balaban J connectivity index is 2.95. The van der Waals surface area contributed by atoms with E-state index in [2.05, 4.69) is 10.6 Å². The molecule has 0 saturated heterocycles. The highest BCUT2D eigenvalue weighted by atomic mass is 16.5. The van der Waals surface area contributed by atoms with Crippen molar-refractivity contribution in [3.8, 4) is 0 Å². The molecule has 0 spiro atoms. The average molecular weight is 204 g/mol. The molecule has 0 atom stereocenters. The van der Waals surface area contributed by atoms with Crippen molar-refractivity contribution in [3.05, 3.63) is 0 Å². The van der Waals surface area contributed by atoms with Crippen molar-refractivity contribution in [2.24, 2.45) is 0 Å². The third kappa shape index (κ3) is 9.44. The maximum atomic E-state index is 10.8. The van der Waals surface area contributed by atoms with E-state index in [-0.39, 0.29) is 12.5 Å². The largest absolute Gasteiger partial charge is 0.394 e. The van der Waals surface area contributed by atoms with Crippen molar-refractivity contribution >= 4 is 5.91 Å². The van der Waals surface area contributed by atoms with E-state index in [9.17, 15) is 4.79 Å². The van der Waals surface area contributed by atoms with Crippen LogP contribution in [0.1, 0.15) is 12.8 Å². The van der Waals surface area contributed by atoms with E-state index in [4.69, 9.17) is 9.84 Å². The third-order valence-electron chi connectivity index (χ3n) is 1.70. The lowest BCUT2D eigenvalue weighted by Gasteiger charge is -2.04. The second kappa shape index (κ2) is 10.4. The summed E-state index contributed by atoms with van der Waals surface area (Å²) in [5, 5.41) is 14.1. The Hall–Kier alpha value is -0.650. The maximum Gasteiger partial charge on any atom is 0.219 e. The van der Waals surface area contributed by atoms with E-state index in [1.807, 2.05) is 0 Å². The molecular weight excluding hydrogens is 184 g/mol. The molecule has 3 N–H and O–H groups in total. The molecule has 0 aliphatic carbocycles. The molecule has 5 heteroatoms. The smallest absolute Gasteiger partial charge is 0.219 e. The van der Waals surface area contributed by atoms with Gasteiger partial charge in [0.25, 0.3) is 0 Å². The fraction of sp³-hybridized carbons (Fsp3) is 0.889. The monoisotopic (exact) mass is 204 g/mol. The number of aliphatic hydroxyl groups is 1. The lowest BCUT2D eigenvalue weighted by Crippen LogP contribution is -2.24. The summed E-state index contributed by atoms with van der Waals surface area (Å²) in [6.45, 7) is 2.63. The van der Waals surface area contributed by atoms with Crippen molar-refractivity contribution in [1.29, 1.82) is 0 Å². The number of ether oxygens (including phenoxy) is 1. The Morgan fingerprint density at radius 2 is 2.14 bits per heavy atom. The summed E-state index contributed by atoms with van der Waals surface area (Å²) in [4.78, 5) is 10.8. The number of amides is 1. The van der Waals surface area contributed by atoms with Crippen LogP contribution in [0.15, 0.2) is 0 Å². The molecule has 0 fully saturated rings. The molecule has 0 saturated carbocycles. The van der Waals surface area contributed by atoms with Gasteiger partial charge in [0.2, 0.25) is 5.91 Å². The van der Waals surface area contributed by atoms with Gasteiger partial charge in [-0.3, -0.25) is 4.79 Å². The van der Waals surface area contributed by atoms with Crippen molar-refractivity contribution in [2.45, 2.75) is 12.8 Å². The number of aliphatic hydroxyl groups excluding tert-OH is 1. The summed E-state index contributed by atoms with van der Waals surface area (Å²) >= 11 is 0. The second-order valence-electron chi connectivity index (χ2n) is 2.86. The van der Waals surface area contributed by atoms with Crippen LogP contribution in [-0.4, -0.2) is 51.0 Å². The van der Waals surface area contributed by atoms with Crippen LogP contribution in [0.5, 0.6) is 0 Å². The van der Waals surface area contributed by atoms with Crippen molar-refractivity contribution in [1.82, 2.24) is 10.6 Å². The summed E-state index contributed by atoms with van der Waals surface area (Å²) in [5.41, 5.74) is 0. The van der Waals surface area contributed by atoms with Crippen LogP contribution in [0, 0.1) is 0 Å². The normalized spacial score (nSPS) is 10.1. The second-order valence-corrected chi connectivity index (χ2v) is 2.86. The van der Waals surface area contributed by atoms with Crippen LogP contribution >= 0.6 is 0 Å². The third-order valence-corrected chi connectivity index (χ3v) is 1.70. The summed E-state index contributed by atoms with van der Waals surface area (Å²) in [6.07, 6.45) is 1.39. The van der Waals surface area contributed by atoms with Gasteiger partial charge in [0.15, 0.2) is 0 Å². The van der Waals surface area contributed by atoms with Gasteiger partial charge in [-0.1, -0.05) is 0 Å². The van der Waals surface area contributed by atoms with Gasteiger partial charge in [-0.25, -0.2) is 0 Å². The summed E-state index contributed by atoms with van der Waals surface area (Å²) in [5.74, 6) is 0.0725. The van der Waals surface area contributed by atoms with Gasteiger partial charge in [-0.15, -0.1) is 0 Å². The van der Waals surface area contributed by atoms with Crippen molar-refractivity contribution in [2.75, 3.05) is 40.0 Å². The first-order valence-electron chi connectivity index (χ1n) is 4.91. The van der Waals surface area contributed by atoms with E-state index in [1.54, 1.807) is 7.05 Å². The quantitative estimate of drug-likeness (QED) is 0.426. The molecule has 0 rings (SSSR count). The zero-order chi connectivity index (χ0) is 10.6. The van der Waals surface area contributed by atoms with Gasteiger partial charge in [0.05, 0.1) is 19.8 Å². The highest BCUT2D eigenvalue weighted by molar-refractivity contribution is 5.75. The number of nitrogens with one attached hydrogen (secondary N) is 2. The van der Waals surface area contributed by atoms with E-state index < -0.39 is 0 Å². The predicted molar refractivity (Wildman–Crippen MR) is 54.1 cm³/mol. The molecule has 0 bridgehead atoms. The first kappa shape index (κ1) is 13.4. The maximum absolute atomic E-state index is 10.8. The Bertz CT molecular complexity index is 142. The fourth-order valence-electron chi connectivity index (χ4n) is 0.935. The van der Waals surface area contributed by atoms with E-state index in [1.165, 1.54) is 0 Å². The van der Waals surface area contributed by atoms with Gasteiger partial charge in [0, 0.05) is 20.0 Å². The Kier molecular flexibility index (Phi) is 9.95. The number of rotatable bonds is 9. The van der Waals surface area contributed by atoms with Gasteiger partial charge in [0.1, 0.15) is 0 Å². The topological polar surface area (TPSA) is 70.6 Å². The van der Waals surface area contributed by atoms with E-state index in [0.29, 0.717) is 19.6 Å². The Morgan fingerprint density at radius 1 is 1.36 bits per heavy atom. The van der Waals surface area contributed by atoms with Crippen LogP contribution in [-0.2, 0) is 9.53 Å². The van der Waals surface area contributed by atoms with Crippen LogP contribution in [0.4, 0.5) is 0 Å². The minimum Gasteiger partial charge on any atom is -0.394 e. The molecule has 0 radical (unpaired) electrons. The standard InChI is InChI=1S/C9H20N2O3/c1-10-9(13)3-2-4-11-5-7-14-8-6-12/h11-12H,2-8H2,1H3,(H,10,13). The van der Waals surface area contributed by atoms with Crippen LogP contribution in [0.3, 0.4) is 0 Å². The van der Waals surface area contributed by atoms with Crippen molar-refractivity contribution in [3.63, 3.8) is 0 Å². The molecular formula is C9H20N2O3. The zero-order valence-electron chi connectivity index (χ0n) is 8.71. The lowest BCUT2D eigenvalue weighted by molar-refractivity contribution is -0.120. The fourth-order valence-corrected chi connectivity index (χ4v) is 0.935. The minimum absolute atomic E-state index is 0.0661. The summed E-state index contributed by atoms with van der Waals surface area (Å²) in [7, 11) is 1.64. The van der Waals surface area contributed by atoms with Crippen molar-refractivity contribution < 1.29 is 14.6 Å². The molecule has 1 amide bonds. The number of hydrogen-bond acceptors (Lipinski definition) is 4. The summed E-state index contributed by atoms with van der Waals surface area (Å²) in [6, 6.07) is 0. The molecule has 0 aromatic carbocycles. The Labute approximate surface area is 84.8 Å². The van der Waals surface area contributed by atoms with Gasteiger partial charge in [-0.05, 0) is 13.0 Å². The molecule has 0 unspecified atom stereocenters. The molecule has 84 valence electrons. The first-order chi connectivity index (χ1) is 6.81. The van der Waals surface area contributed by atoms with Crippen LogP contribution in [0.25, 0.3) is 0 Å². The highest BCUT2D eigenvalue weighted by Crippen LogP contribution is 1.85.